The number of ether oxygens (including phenoxy) is 2. The molecular formula is C33H39N3O5. The van der Waals surface area contributed by atoms with E-state index in [2.05, 4.69) is 16.7 Å². The molecular weight excluding hydrogens is 518 g/mol. The van der Waals surface area contributed by atoms with Crippen LogP contribution in [0.5, 0.6) is 11.5 Å². The van der Waals surface area contributed by atoms with Crippen LogP contribution in [-0.2, 0) is 20.7 Å². The minimum Gasteiger partial charge on any atom is -0.457 e. The van der Waals surface area contributed by atoms with Gasteiger partial charge in [0, 0.05) is 19.2 Å². The van der Waals surface area contributed by atoms with Crippen LogP contribution < -0.4 is 21.1 Å². The van der Waals surface area contributed by atoms with E-state index in [4.69, 9.17) is 15.2 Å². The molecule has 0 spiro atoms. The van der Waals surface area contributed by atoms with Gasteiger partial charge in [-0.1, -0.05) is 67.4 Å². The van der Waals surface area contributed by atoms with E-state index in [0.29, 0.717) is 25.9 Å². The molecule has 0 radical (unpaired) electrons. The highest BCUT2D eigenvalue weighted by atomic mass is 16.5. The third kappa shape index (κ3) is 7.52. The fourth-order valence-corrected chi connectivity index (χ4v) is 5.75. The molecule has 1 aliphatic carbocycles. The monoisotopic (exact) mass is 557 g/mol. The van der Waals surface area contributed by atoms with Gasteiger partial charge in [-0.3, -0.25) is 9.59 Å². The number of amides is 2. The van der Waals surface area contributed by atoms with Gasteiger partial charge in [0.05, 0.1) is 18.2 Å². The zero-order chi connectivity index (χ0) is 28.6. The molecule has 1 saturated heterocycles. The number of carbonyl (C=O) groups is 2. The molecule has 0 saturated carbocycles. The van der Waals surface area contributed by atoms with E-state index in [0.717, 1.165) is 47.5 Å². The number of fused-ring (bicyclic) bond motifs is 5. The van der Waals surface area contributed by atoms with Crippen molar-refractivity contribution in [1.29, 1.82) is 0 Å². The van der Waals surface area contributed by atoms with Crippen molar-refractivity contribution in [2.45, 2.75) is 62.8 Å². The Hall–Kier alpha value is -3.72. The Balaban J connectivity index is 1.38. The molecule has 41 heavy (non-hydrogen) atoms. The number of nitrogens with one attached hydrogen (secondary N) is 2. The summed E-state index contributed by atoms with van der Waals surface area (Å²) in [5.74, 6) is -0.522. The maximum atomic E-state index is 13.2. The van der Waals surface area contributed by atoms with Crippen LogP contribution in [0.3, 0.4) is 0 Å². The lowest BCUT2D eigenvalue weighted by Crippen LogP contribution is -2.52. The van der Waals surface area contributed by atoms with Gasteiger partial charge in [0.15, 0.2) is 0 Å². The normalized spacial score (nSPS) is 25.6. The Morgan fingerprint density at radius 3 is 2.46 bits per heavy atom. The molecule has 1 fully saturated rings. The van der Waals surface area contributed by atoms with Crippen molar-refractivity contribution in [3.8, 4) is 11.5 Å². The van der Waals surface area contributed by atoms with E-state index in [1.54, 1.807) is 0 Å². The summed E-state index contributed by atoms with van der Waals surface area (Å²) >= 11 is 0. The van der Waals surface area contributed by atoms with E-state index in [-0.39, 0.29) is 18.7 Å². The Morgan fingerprint density at radius 1 is 0.951 bits per heavy atom. The van der Waals surface area contributed by atoms with Gasteiger partial charge in [0.2, 0.25) is 11.8 Å². The van der Waals surface area contributed by atoms with Crippen molar-refractivity contribution in [3.05, 3.63) is 95.6 Å². The first kappa shape index (κ1) is 28.8. The first-order chi connectivity index (χ1) is 20.0. The van der Waals surface area contributed by atoms with E-state index in [1.165, 1.54) is 0 Å². The number of primary amides is 1. The number of para-hydroxylation sites is 1. The Kier molecular flexibility index (Phi) is 9.67. The average Bonchev–Trinajstić information content (AvgIpc) is 3.32. The first-order valence-electron chi connectivity index (χ1n) is 14.5. The third-order valence-electron chi connectivity index (χ3n) is 7.99. The lowest BCUT2D eigenvalue weighted by Gasteiger charge is -2.28. The second kappa shape index (κ2) is 13.8. The van der Waals surface area contributed by atoms with Crippen LogP contribution in [0.2, 0.25) is 0 Å². The maximum Gasteiger partial charge on any atom is 0.232 e. The summed E-state index contributed by atoms with van der Waals surface area (Å²) < 4.78 is 12.4. The predicted octanol–water partition coefficient (Wildman–Crippen LogP) is 4.33. The summed E-state index contributed by atoms with van der Waals surface area (Å²) in [4.78, 5) is 25.4. The fraction of sp³-hybridized carbons (Fsp3) is 0.394. The number of hydrogen-bond acceptors (Lipinski definition) is 6. The average molecular weight is 558 g/mol. The fourth-order valence-electron chi connectivity index (χ4n) is 5.75. The third-order valence-corrected chi connectivity index (χ3v) is 7.99. The summed E-state index contributed by atoms with van der Waals surface area (Å²) in [6.07, 6.45) is 2.86. The highest BCUT2D eigenvalue weighted by Gasteiger charge is 2.34. The van der Waals surface area contributed by atoms with Gasteiger partial charge < -0.3 is 30.9 Å². The van der Waals surface area contributed by atoms with E-state index >= 15 is 0 Å². The Bertz CT molecular complexity index is 1300. The molecule has 2 aliphatic rings. The molecule has 8 heteroatoms. The second-order valence-electron chi connectivity index (χ2n) is 10.9. The molecule has 8 nitrogen and oxygen atoms in total. The van der Waals surface area contributed by atoms with Crippen molar-refractivity contribution in [3.63, 3.8) is 0 Å². The van der Waals surface area contributed by atoms with E-state index < -0.39 is 29.9 Å². The van der Waals surface area contributed by atoms with Crippen molar-refractivity contribution in [2.75, 3.05) is 13.2 Å². The molecule has 216 valence electrons. The Morgan fingerprint density at radius 2 is 1.71 bits per heavy atom. The van der Waals surface area contributed by atoms with E-state index in [1.807, 2.05) is 72.8 Å². The topological polar surface area (TPSA) is 123 Å². The zero-order valence-electron chi connectivity index (χ0n) is 23.2. The second-order valence-corrected chi connectivity index (χ2v) is 10.9. The first-order valence-corrected chi connectivity index (χ1v) is 14.5. The molecule has 5 atom stereocenters. The molecule has 3 aromatic rings. The van der Waals surface area contributed by atoms with Gasteiger partial charge in [-0.15, -0.1) is 0 Å². The van der Waals surface area contributed by atoms with Gasteiger partial charge in [-0.2, -0.15) is 0 Å². The predicted molar refractivity (Wildman–Crippen MR) is 156 cm³/mol. The van der Waals surface area contributed by atoms with Gasteiger partial charge >= 0.3 is 0 Å². The van der Waals surface area contributed by atoms with Crippen molar-refractivity contribution in [1.82, 2.24) is 10.6 Å². The number of β-amino-alcohol motifs (C(OH)–C–C–N with tert-alkyl or cyclic N) is 1. The molecule has 0 aromatic heterocycles. The molecule has 2 amide bonds. The minimum atomic E-state index is -0.939. The summed E-state index contributed by atoms with van der Waals surface area (Å²) in [5.41, 5.74) is 8.79. The van der Waals surface area contributed by atoms with Crippen LogP contribution in [0.15, 0.2) is 78.9 Å². The van der Waals surface area contributed by atoms with Crippen molar-refractivity contribution in [2.24, 2.45) is 11.7 Å². The van der Waals surface area contributed by atoms with Crippen LogP contribution in [0.4, 0.5) is 0 Å². The van der Waals surface area contributed by atoms with E-state index in [9.17, 15) is 14.7 Å². The molecule has 1 aliphatic heterocycles. The number of rotatable bonds is 5. The molecule has 5 N–H and O–H groups in total. The number of benzene rings is 3. The van der Waals surface area contributed by atoms with Crippen LogP contribution in [0, 0.1) is 5.92 Å². The lowest BCUT2D eigenvalue weighted by atomic mass is 9.96. The SMILES string of the molecule is NC(=O)[C@@H]1CCCCCOC2CC(NC[C@@H](O)[C@H](Cc3ccccc3)NC1=O)c1cc(Oc3ccccc3)ccc12. The van der Waals surface area contributed by atoms with Gasteiger partial charge in [-0.05, 0) is 66.6 Å². The summed E-state index contributed by atoms with van der Waals surface area (Å²) in [6, 6.07) is 24.8. The number of carbonyl (C=O) groups excluding carboxylic acids is 2. The smallest absolute Gasteiger partial charge is 0.232 e. The number of aliphatic hydroxyl groups is 1. The summed E-state index contributed by atoms with van der Waals surface area (Å²) in [7, 11) is 0. The standard InChI is InChI=1S/C33H39N3O5/c34-32(38)26-14-8-3-9-17-40-31-20-28(27-19-24(15-16-25(27)31)41-23-12-6-2-7-13-23)35-21-30(37)29(36-33(26)39)18-22-10-4-1-5-11-22/h1-2,4-7,10-13,15-16,19,26,28-31,35,37H,3,8-9,14,17-18,20-21H2,(H2,34,38)(H,36,39)/t26-,28?,29-,30+,31?/m0/s1. The Labute approximate surface area is 241 Å². The highest BCUT2D eigenvalue weighted by Crippen LogP contribution is 2.43. The van der Waals surface area contributed by atoms with Gasteiger partial charge in [0.1, 0.15) is 17.4 Å². The quantitative estimate of drug-likeness (QED) is 0.346. The minimum absolute atomic E-state index is 0.0664. The molecule has 2 unspecified atom stereocenters. The number of nitrogens with two attached hydrogens (primary N) is 1. The number of hydrogen-bond donors (Lipinski definition) is 4. The van der Waals surface area contributed by atoms with Crippen molar-refractivity contribution >= 4 is 11.8 Å². The van der Waals surface area contributed by atoms with Crippen LogP contribution in [0.1, 0.15) is 60.9 Å². The number of aliphatic hydroxyl groups excluding tert-OH is 1. The molecule has 2 bridgehead atoms. The highest BCUT2D eigenvalue weighted by molar-refractivity contribution is 5.99. The maximum absolute atomic E-state index is 13.2. The van der Waals surface area contributed by atoms with Crippen LogP contribution >= 0.6 is 0 Å². The molecule has 3 aromatic carbocycles. The largest absolute Gasteiger partial charge is 0.457 e. The zero-order valence-corrected chi connectivity index (χ0v) is 23.2. The molecule has 1 heterocycles. The van der Waals surface area contributed by atoms with Gasteiger partial charge in [0.25, 0.3) is 0 Å². The lowest BCUT2D eigenvalue weighted by molar-refractivity contribution is -0.134. The van der Waals surface area contributed by atoms with Gasteiger partial charge in [-0.25, -0.2) is 0 Å². The molecule has 5 rings (SSSR count). The van der Waals surface area contributed by atoms with Crippen LogP contribution in [0.25, 0.3) is 0 Å². The van der Waals surface area contributed by atoms with Crippen molar-refractivity contribution < 1.29 is 24.2 Å². The van der Waals surface area contributed by atoms with Crippen LogP contribution in [-0.4, -0.2) is 42.2 Å². The summed E-state index contributed by atoms with van der Waals surface area (Å²) in [5, 5.41) is 17.8. The summed E-state index contributed by atoms with van der Waals surface area (Å²) in [6.45, 7) is 0.813.